The molecule has 0 saturated carbocycles. The first-order valence-corrected chi connectivity index (χ1v) is 5.88. The van der Waals surface area contributed by atoms with E-state index in [2.05, 4.69) is 12.1 Å². The average Bonchev–Trinajstić information content (AvgIpc) is 2.67. The highest BCUT2D eigenvalue weighted by Gasteiger charge is 2.29. The van der Waals surface area contributed by atoms with Gasteiger partial charge in [-0.2, -0.15) is 0 Å². The SMILES string of the molecule is Cc1oncc1C(=O)N1CCC(Cl)C(C)C1. The van der Waals surface area contributed by atoms with Crippen LogP contribution in [0.5, 0.6) is 0 Å². The van der Waals surface area contributed by atoms with Crippen molar-refractivity contribution in [1.29, 1.82) is 0 Å². The van der Waals surface area contributed by atoms with E-state index in [-0.39, 0.29) is 11.3 Å². The van der Waals surface area contributed by atoms with Crippen molar-refractivity contribution in [2.24, 2.45) is 5.92 Å². The van der Waals surface area contributed by atoms with Crippen LogP contribution >= 0.6 is 11.6 Å². The summed E-state index contributed by atoms with van der Waals surface area (Å²) in [6, 6.07) is 0. The summed E-state index contributed by atoms with van der Waals surface area (Å²) < 4.78 is 4.90. The Morgan fingerprint density at radius 3 is 3.00 bits per heavy atom. The lowest BCUT2D eigenvalue weighted by atomic mass is 9.99. The Morgan fingerprint density at radius 2 is 2.44 bits per heavy atom. The van der Waals surface area contributed by atoms with Crippen LogP contribution in [-0.2, 0) is 0 Å². The van der Waals surface area contributed by atoms with Gasteiger partial charge in [0.2, 0.25) is 0 Å². The molecule has 1 aliphatic heterocycles. The van der Waals surface area contributed by atoms with Crippen LogP contribution in [0.4, 0.5) is 0 Å². The number of alkyl halides is 1. The molecule has 1 fully saturated rings. The summed E-state index contributed by atoms with van der Waals surface area (Å²) in [5, 5.41) is 3.80. The molecule has 0 spiro atoms. The van der Waals surface area contributed by atoms with Gasteiger partial charge in [0.15, 0.2) is 0 Å². The van der Waals surface area contributed by atoms with Gasteiger partial charge in [-0.1, -0.05) is 12.1 Å². The number of likely N-dealkylation sites (tertiary alicyclic amines) is 1. The Morgan fingerprint density at radius 1 is 1.69 bits per heavy atom. The molecule has 0 radical (unpaired) electrons. The van der Waals surface area contributed by atoms with Gasteiger partial charge >= 0.3 is 0 Å². The maximum atomic E-state index is 12.1. The first kappa shape index (κ1) is 11.5. The molecule has 2 atom stereocenters. The van der Waals surface area contributed by atoms with Crippen molar-refractivity contribution in [3.63, 3.8) is 0 Å². The Bertz CT molecular complexity index is 391. The molecule has 1 amide bonds. The molecule has 0 aliphatic carbocycles. The molecule has 5 heteroatoms. The van der Waals surface area contributed by atoms with E-state index in [1.54, 1.807) is 6.92 Å². The van der Waals surface area contributed by atoms with Crippen LogP contribution in [0.15, 0.2) is 10.7 Å². The van der Waals surface area contributed by atoms with Crippen molar-refractivity contribution in [3.8, 4) is 0 Å². The number of rotatable bonds is 1. The molecule has 1 saturated heterocycles. The van der Waals surface area contributed by atoms with Gasteiger partial charge in [-0.15, -0.1) is 11.6 Å². The standard InChI is InChI=1S/C11H15ClN2O2/c1-7-6-14(4-3-10(7)12)11(15)9-5-13-16-8(9)2/h5,7,10H,3-4,6H2,1-2H3. The lowest BCUT2D eigenvalue weighted by molar-refractivity contribution is 0.0685. The summed E-state index contributed by atoms with van der Waals surface area (Å²) in [6.07, 6.45) is 2.33. The van der Waals surface area contributed by atoms with Gasteiger partial charge in [0.25, 0.3) is 5.91 Å². The van der Waals surface area contributed by atoms with Crippen LogP contribution in [-0.4, -0.2) is 34.4 Å². The second kappa shape index (κ2) is 4.45. The van der Waals surface area contributed by atoms with Crippen LogP contribution in [0.3, 0.4) is 0 Å². The number of carbonyl (C=O) groups excluding carboxylic acids is 1. The fraction of sp³-hybridized carbons (Fsp3) is 0.636. The van der Waals surface area contributed by atoms with Crippen LogP contribution < -0.4 is 0 Å². The maximum absolute atomic E-state index is 12.1. The molecular formula is C11H15ClN2O2. The average molecular weight is 243 g/mol. The zero-order valence-corrected chi connectivity index (χ0v) is 10.2. The van der Waals surface area contributed by atoms with E-state index < -0.39 is 0 Å². The molecule has 1 aromatic rings. The Kier molecular flexibility index (Phi) is 3.19. The van der Waals surface area contributed by atoms with Crippen LogP contribution in [0, 0.1) is 12.8 Å². The van der Waals surface area contributed by atoms with Crippen molar-refractivity contribution >= 4 is 17.5 Å². The first-order chi connectivity index (χ1) is 7.59. The number of nitrogens with zero attached hydrogens (tertiary/aromatic N) is 2. The molecule has 16 heavy (non-hydrogen) atoms. The number of amides is 1. The van der Waals surface area contributed by atoms with Crippen molar-refractivity contribution in [2.75, 3.05) is 13.1 Å². The van der Waals surface area contributed by atoms with Gasteiger partial charge in [0.05, 0.1) is 6.20 Å². The third-order valence-corrected chi connectivity index (χ3v) is 3.72. The normalized spacial score (nSPS) is 25.8. The van der Waals surface area contributed by atoms with Gasteiger partial charge in [-0.3, -0.25) is 4.79 Å². The highest BCUT2D eigenvalue weighted by molar-refractivity contribution is 6.20. The Hall–Kier alpha value is -1.03. The first-order valence-electron chi connectivity index (χ1n) is 5.44. The quantitative estimate of drug-likeness (QED) is 0.709. The zero-order valence-electron chi connectivity index (χ0n) is 9.44. The van der Waals surface area contributed by atoms with Crippen molar-refractivity contribution in [1.82, 2.24) is 10.1 Å². The molecule has 2 heterocycles. The number of halogens is 1. The molecule has 1 aliphatic rings. The molecule has 1 aromatic heterocycles. The minimum absolute atomic E-state index is 0.00540. The fourth-order valence-electron chi connectivity index (χ4n) is 1.98. The van der Waals surface area contributed by atoms with Gasteiger partial charge < -0.3 is 9.42 Å². The van der Waals surface area contributed by atoms with Gasteiger partial charge in [0.1, 0.15) is 11.3 Å². The smallest absolute Gasteiger partial charge is 0.259 e. The highest BCUT2D eigenvalue weighted by Crippen LogP contribution is 2.23. The lowest BCUT2D eigenvalue weighted by Gasteiger charge is -2.33. The van der Waals surface area contributed by atoms with E-state index in [0.29, 0.717) is 30.3 Å². The minimum atomic E-state index is -0.00540. The van der Waals surface area contributed by atoms with E-state index in [4.69, 9.17) is 16.1 Å². The van der Waals surface area contributed by atoms with E-state index >= 15 is 0 Å². The number of carbonyl (C=O) groups is 1. The topological polar surface area (TPSA) is 46.3 Å². The Balaban J connectivity index is 2.09. The minimum Gasteiger partial charge on any atom is -0.361 e. The van der Waals surface area contributed by atoms with E-state index in [0.717, 1.165) is 6.42 Å². The van der Waals surface area contributed by atoms with Gasteiger partial charge in [-0.05, 0) is 19.3 Å². The summed E-state index contributed by atoms with van der Waals surface area (Å²) in [5.74, 6) is 0.902. The molecule has 0 aromatic carbocycles. The van der Waals surface area contributed by atoms with E-state index in [1.165, 1.54) is 6.20 Å². The second-order valence-corrected chi connectivity index (χ2v) is 4.89. The molecule has 2 unspecified atom stereocenters. The molecule has 0 bridgehead atoms. The predicted molar refractivity (Wildman–Crippen MR) is 60.6 cm³/mol. The van der Waals surface area contributed by atoms with Crippen molar-refractivity contribution < 1.29 is 9.32 Å². The highest BCUT2D eigenvalue weighted by atomic mass is 35.5. The summed E-state index contributed by atoms with van der Waals surface area (Å²) in [6.45, 7) is 5.23. The summed E-state index contributed by atoms with van der Waals surface area (Å²) in [4.78, 5) is 13.9. The van der Waals surface area contributed by atoms with Crippen LogP contribution in [0.1, 0.15) is 29.5 Å². The van der Waals surface area contributed by atoms with Gasteiger partial charge in [-0.25, -0.2) is 0 Å². The number of hydrogen-bond acceptors (Lipinski definition) is 3. The Labute approximate surface area is 99.5 Å². The van der Waals surface area contributed by atoms with E-state index in [9.17, 15) is 4.79 Å². The third-order valence-electron chi connectivity index (χ3n) is 3.07. The molecule has 88 valence electrons. The lowest BCUT2D eigenvalue weighted by Crippen LogP contribution is -2.43. The number of aromatic nitrogens is 1. The largest absolute Gasteiger partial charge is 0.361 e. The third kappa shape index (κ3) is 2.07. The van der Waals surface area contributed by atoms with E-state index in [1.807, 2.05) is 4.90 Å². The van der Waals surface area contributed by atoms with Gasteiger partial charge in [0, 0.05) is 18.5 Å². The number of piperidine rings is 1. The van der Waals surface area contributed by atoms with Crippen molar-refractivity contribution in [3.05, 3.63) is 17.5 Å². The number of aryl methyl sites for hydroxylation is 1. The fourth-order valence-corrected chi connectivity index (χ4v) is 2.15. The summed E-state index contributed by atoms with van der Waals surface area (Å²) >= 11 is 6.12. The maximum Gasteiger partial charge on any atom is 0.259 e. The van der Waals surface area contributed by atoms with Crippen LogP contribution in [0.25, 0.3) is 0 Å². The summed E-state index contributed by atoms with van der Waals surface area (Å²) in [5.41, 5.74) is 0.556. The molecule has 4 nitrogen and oxygen atoms in total. The van der Waals surface area contributed by atoms with Crippen molar-refractivity contribution in [2.45, 2.75) is 25.6 Å². The summed E-state index contributed by atoms with van der Waals surface area (Å²) in [7, 11) is 0. The molecular weight excluding hydrogens is 228 g/mol. The number of hydrogen-bond donors (Lipinski definition) is 0. The predicted octanol–water partition coefficient (Wildman–Crippen LogP) is 2.07. The molecule has 2 rings (SSSR count). The second-order valence-electron chi connectivity index (χ2n) is 4.33. The zero-order chi connectivity index (χ0) is 11.7. The molecule has 0 N–H and O–H groups in total. The van der Waals surface area contributed by atoms with Crippen LogP contribution in [0.2, 0.25) is 0 Å². The monoisotopic (exact) mass is 242 g/mol.